The second-order valence-electron chi connectivity index (χ2n) is 21.6. The van der Waals surface area contributed by atoms with Gasteiger partial charge in [0.25, 0.3) is 0 Å². The summed E-state index contributed by atoms with van der Waals surface area (Å²) in [5, 5.41) is 31.0. The lowest BCUT2D eigenvalue weighted by atomic mass is 10.0. The molecule has 0 saturated heterocycles. The number of fused-ring (bicyclic) bond motifs is 6. The predicted molar refractivity (Wildman–Crippen MR) is 376 cm³/mol. The van der Waals surface area contributed by atoms with E-state index in [2.05, 4.69) is 144 Å². The number of aromatic nitrogens is 8. The number of para-hydroxylation sites is 4. The van der Waals surface area contributed by atoms with E-state index in [0.717, 1.165) is 83.0 Å². The zero-order valence-electron chi connectivity index (χ0n) is 56.3. The van der Waals surface area contributed by atoms with Crippen molar-refractivity contribution in [3.63, 3.8) is 0 Å². The maximum Gasteiger partial charge on any atom is 0.569 e. The highest BCUT2D eigenvalue weighted by atomic mass is 35.5. The maximum absolute atomic E-state index is 14.8. The third kappa shape index (κ3) is 12.5. The summed E-state index contributed by atoms with van der Waals surface area (Å²) in [7, 11) is 0.198. The Bertz CT molecular complexity index is 6030. The van der Waals surface area contributed by atoms with Gasteiger partial charge in [-0.2, -0.15) is 20.5 Å². The molecule has 0 amide bonds. The van der Waals surface area contributed by atoms with Crippen molar-refractivity contribution in [2.45, 2.75) is 0 Å². The summed E-state index contributed by atoms with van der Waals surface area (Å²) >= 11 is 6.44. The first-order chi connectivity index (χ1) is 49.7. The van der Waals surface area contributed by atoms with Gasteiger partial charge in [0.1, 0.15) is 29.5 Å². The molecule has 0 unspecified atom stereocenters. The number of rotatable bonds is 11. The Hall–Kier alpha value is -12.8. The molecule has 1 radical (unpaired) electrons. The van der Waals surface area contributed by atoms with E-state index in [1.165, 1.54) is 11.5 Å². The quantitative estimate of drug-likeness (QED) is 0.123. The van der Waals surface area contributed by atoms with E-state index in [1.54, 1.807) is 6.07 Å². The molecule has 0 fully saturated rings. The fourth-order valence-corrected chi connectivity index (χ4v) is 11.5. The van der Waals surface area contributed by atoms with Gasteiger partial charge in [0.15, 0.2) is 29.1 Å². The van der Waals surface area contributed by atoms with Crippen LogP contribution in [0.4, 0.5) is 8.78 Å². The Morgan fingerprint density at radius 1 is 0.375 bits per heavy atom. The first kappa shape index (κ1) is 53.8. The minimum Gasteiger partial charge on any atom is -0.537 e. The first-order valence-corrected chi connectivity index (χ1v) is 30.3. The van der Waals surface area contributed by atoms with E-state index in [0.29, 0.717) is 22.8 Å². The lowest BCUT2D eigenvalue weighted by Gasteiger charge is -2.11. The summed E-state index contributed by atoms with van der Waals surface area (Å²) in [4.78, 5) is 28.1. The van der Waals surface area contributed by atoms with Gasteiger partial charge in [-0.05, 0) is 155 Å². The van der Waals surface area contributed by atoms with Gasteiger partial charge < -0.3 is 18.8 Å². The van der Waals surface area contributed by atoms with E-state index >= 15 is 0 Å². The Kier molecular flexibility index (Phi) is 15.2. The molecule has 0 atom stereocenters. The highest BCUT2D eigenvalue weighted by Gasteiger charge is 2.20. The lowest BCUT2D eigenvalue weighted by molar-refractivity contribution is 0.452. The van der Waals surface area contributed by atoms with Crippen LogP contribution in [0.25, 0.3) is 134 Å². The minimum atomic E-state index is -1.24. The van der Waals surface area contributed by atoms with Crippen molar-refractivity contribution in [3.05, 3.63) is 319 Å². The topological polar surface area (TPSA) is 164 Å². The smallest absolute Gasteiger partial charge is 0.537 e. The molecule has 0 spiro atoms. The zero-order chi connectivity index (χ0) is 70.7. The molecule has 16 rings (SSSR count). The van der Waals surface area contributed by atoms with Gasteiger partial charge in [0.2, 0.25) is 5.28 Å². The molecule has 0 bridgehead atoms. The maximum atomic E-state index is 14.8. The van der Waals surface area contributed by atoms with Crippen LogP contribution < -0.4 is 4.65 Å². The van der Waals surface area contributed by atoms with Gasteiger partial charge in [0.05, 0.1) is 41.4 Å². The molecule has 16 aromatic rings. The molecular weight excluding hydrogens is 1220 g/mol. The van der Waals surface area contributed by atoms with E-state index in [1.807, 2.05) is 140 Å². The van der Waals surface area contributed by atoms with E-state index in [4.69, 9.17) is 45.1 Å². The molecule has 455 valence electrons. The van der Waals surface area contributed by atoms with Crippen LogP contribution >= 0.6 is 11.6 Å². The van der Waals surface area contributed by atoms with Gasteiger partial charge in [0, 0.05) is 60.7 Å². The van der Waals surface area contributed by atoms with Crippen LogP contribution in [0.1, 0.15) is 19.4 Å². The number of nitrogens with zero attached hydrogens (tertiary/aromatic N) is 10. The average Bonchev–Trinajstić information content (AvgIpc) is 1.57. The van der Waals surface area contributed by atoms with E-state index < -0.39 is 64.8 Å². The molecule has 16 heteroatoms. The average molecular weight is 1270 g/mol. The van der Waals surface area contributed by atoms with Gasteiger partial charge >= 0.3 is 7.69 Å². The van der Waals surface area contributed by atoms with Crippen molar-refractivity contribution >= 4 is 62.9 Å². The van der Waals surface area contributed by atoms with Crippen molar-refractivity contribution < 1.29 is 26.7 Å². The highest BCUT2D eigenvalue weighted by Crippen LogP contribution is 2.38. The van der Waals surface area contributed by atoms with Crippen LogP contribution in [-0.2, 0) is 0 Å². The summed E-state index contributed by atoms with van der Waals surface area (Å²) in [6.45, 7) is 0. The van der Waals surface area contributed by atoms with Crippen molar-refractivity contribution in [3.8, 4) is 108 Å². The fourth-order valence-electron chi connectivity index (χ4n) is 11.4. The summed E-state index contributed by atoms with van der Waals surface area (Å²) in [6.07, 6.45) is 0. The molecule has 12 aromatic carbocycles. The molecule has 1 N–H and O–H groups in total. The molecular formula is C80H49BClF2N10O2. The van der Waals surface area contributed by atoms with Gasteiger partial charge in [-0.3, -0.25) is 0 Å². The van der Waals surface area contributed by atoms with Gasteiger partial charge in [-0.25, -0.2) is 28.7 Å². The SMILES string of the molecule is Clc1nc(-c2cccc(-c3ccccc3)c2)nc(-c2ccc3c(c2)c2ccccc2n3-c2ccccc2)n1.[2H]c1c([2H])c(-c2nc(-c3cccc(-c4ccccc4)c3)nc(-c3ccc4c(c3)c3ccccc3n4-c3ccccc3)n2)c([2H])c(C#N)c1F.[2H]c1c([2H])c(O[B]O)c([2H])c(C#N)c1F. The Morgan fingerprint density at radius 3 is 1.20 bits per heavy atom. The second-order valence-corrected chi connectivity index (χ2v) is 21.9. The number of hydrogen-bond acceptors (Lipinski definition) is 10. The summed E-state index contributed by atoms with van der Waals surface area (Å²) in [5.41, 5.74) is 12.1. The number of nitriles is 2. The summed E-state index contributed by atoms with van der Waals surface area (Å²) in [5.74, 6) is -1.47. The molecule has 0 aliphatic heterocycles. The normalized spacial score (nSPS) is 11.8. The Labute approximate surface area is 563 Å². The van der Waals surface area contributed by atoms with Crippen LogP contribution in [0.3, 0.4) is 0 Å². The van der Waals surface area contributed by atoms with Crippen molar-refractivity contribution in [1.29, 1.82) is 10.5 Å². The van der Waals surface area contributed by atoms with Crippen molar-refractivity contribution in [1.82, 2.24) is 39.0 Å². The Balaban J connectivity index is 0.000000147. The van der Waals surface area contributed by atoms with E-state index in [9.17, 15) is 14.0 Å². The standard InChI is InChI=1S/C40H24FN5.C33H21ClN4.C7H4BFNO2/c41-35-20-18-29(23-31(35)25-42)39-43-38(28-13-9-12-27(22-28)26-10-3-1-4-11-26)44-40(45-39)30-19-21-37-34(24-30)33-16-7-8-17-36(33)46(37)32-14-5-2-6-15-32;34-33-36-31(24-13-9-12-23(20-24)22-10-3-1-4-11-22)35-32(37-33)25-18-19-30-28(21-25)27-16-7-8-17-29(27)38(30)26-14-5-2-6-15-26;9-7-2-1-6(12-8-11)3-5(7)4-10/h1-24H;1-21H;1-3,11H/i18D,20D,23D;;1D,2D,3D. The van der Waals surface area contributed by atoms with Gasteiger partial charge in [-0.1, -0.05) is 170 Å². The Morgan fingerprint density at radius 2 is 0.740 bits per heavy atom. The lowest BCUT2D eigenvalue weighted by Crippen LogP contribution is -2.01. The van der Waals surface area contributed by atoms with Crippen molar-refractivity contribution in [2.75, 3.05) is 0 Å². The number of benzene rings is 12. The van der Waals surface area contributed by atoms with Crippen LogP contribution in [0.15, 0.2) is 291 Å². The van der Waals surface area contributed by atoms with Crippen LogP contribution in [0.2, 0.25) is 5.28 Å². The molecule has 96 heavy (non-hydrogen) atoms. The molecule has 0 aliphatic rings. The number of halogens is 3. The van der Waals surface area contributed by atoms with Gasteiger partial charge in [-0.15, -0.1) is 0 Å². The van der Waals surface area contributed by atoms with Crippen molar-refractivity contribution in [2.24, 2.45) is 0 Å². The highest BCUT2D eigenvalue weighted by molar-refractivity contribution is 6.28. The predicted octanol–water partition coefficient (Wildman–Crippen LogP) is 18.9. The molecule has 4 aromatic heterocycles. The molecule has 0 aliphatic carbocycles. The zero-order valence-corrected chi connectivity index (χ0v) is 51.0. The van der Waals surface area contributed by atoms with Crippen LogP contribution in [0.5, 0.6) is 5.75 Å². The summed E-state index contributed by atoms with van der Waals surface area (Å²) in [6, 6.07) is 84.3. The summed E-state index contributed by atoms with van der Waals surface area (Å²) < 4.78 is 84.0. The minimum absolute atomic E-state index is 0.100. The molecule has 0 saturated carbocycles. The van der Waals surface area contributed by atoms with Crippen LogP contribution in [0, 0.1) is 34.3 Å². The third-order valence-electron chi connectivity index (χ3n) is 15.7. The van der Waals surface area contributed by atoms with Crippen LogP contribution in [-0.4, -0.2) is 51.7 Å². The molecule has 12 nitrogen and oxygen atoms in total. The first-order valence-electron chi connectivity index (χ1n) is 32.9. The number of hydrogen-bond donors (Lipinski definition) is 1. The fraction of sp³-hybridized carbons (Fsp3) is 0. The molecule has 4 heterocycles. The monoisotopic (exact) mass is 1270 g/mol. The largest absolute Gasteiger partial charge is 0.569 e. The third-order valence-corrected chi connectivity index (χ3v) is 15.9. The second kappa shape index (κ2) is 27.2. The van der Waals surface area contributed by atoms with E-state index in [-0.39, 0.29) is 36.0 Å².